The summed E-state index contributed by atoms with van der Waals surface area (Å²) in [5.74, 6) is 0.420. The highest BCUT2D eigenvalue weighted by atomic mass is 19.1. The average Bonchev–Trinajstić information content (AvgIpc) is 2.41. The second-order valence-corrected chi connectivity index (χ2v) is 3.37. The van der Waals surface area contributed by atoms with Crippen molar-refractivity contribution in [2.24, 2.45) is 0 Å². The first-order chi connectivity index (χ1) is 8.72. The van der Waals surface area contributed by atoms with Crippen molar-refractivity contribution in [1.82, 2.24) is 9.97 Å². The first kappa shape index (κ1) is 11.8. The van der Waals surface area contributed by atoms with E-state index in [-0.39, 0.29) is 11.5 Å². The maximum absolute atomic E-state index is 13.0. The van der Waals surface area contributed by atoms with E-state index in [1.807, 2.05) is 6.07 Å². The molecule has 90 valence electrons. The molecule has 0 atom stereocenters. The Balaban J connectivity index is 2.25. The van der Waals surface area contributed by atoms with E-state index in [0.717, 1.165) is 0 Å². The Morgan fingerprint density at radius 2 is 2.17 bits per heavy atom. The van der Waals surface area contributed by atoms with Crippen LogP contribution in [-0.2, 0) is 0 Å². The molecule has 18 heavy (non-hydrogen) atoms. The van der Waals surface area contributed by atoms with E-state index in [2.05, 4.69) is 15.3 Å². The third-order valence-electron chi connectivity index (χ3n) is 2.19. The van der Waals surface area contributed by atoms with Crippen LogP contribution in [-0.4, -0.2) is 17.1 Å². The highest BCUT2D eigenvalue weighted by molar-refractivity contribution is 5.63. The van der Waals surface area contributed by atoms with Gasteiger partial charge in [0.05, 0.1) is 25.2 Å². The third-order valence-corrected chi connectivity index (χ3v) is 2.19. The molecule has 0 aliphatic carbocycles. The van der Waals surface area contributed by atoms with Crippen molar-refractivity contribution >= 4 is 11.5 Å². The highest BCUT2D eigenvalue weighted by Crippen LogP contribution is 2.27. The minimum Gasteiger partial charge on any atom is -0.494 e. The lowest BCUT2D eigenvalue weighted by Crippen LogP contribution is -1.98. The van der Waals surface area contributed by atoms with Crippen LogP contribution in [0.5, 0.6) is 5.75 Å². The third kappa shape index (κ3) is 2.52. The van der Waals surface area contributed by atoms with Gasteiger partial charge in [0.25, 0.3) is 0 Å². The van der Waals surface area contributed by atoms with Crippen LogP contribution in [0.2, 0.25) is 0 Å². The molecule has 5 nitrogen and oxygen atoms in total. The maximum Gasteiger partial charge on any atom is 0.158 e. The molecule has 1 heterocycles. The minimum atomic E-state index is -0.386. The summed E-state index contributed by atoms with van der Waals surface area (Å²) in [6.45, 7) is 0. The fraction of sp³-hybridized carbons (Fsp3) is 0.0833. The second-order valence-electron chi connectivity index (χ2n) is 3.37. The molecule has 2 aromatic rings. The molecule has 0 amide bonds. The van der Waals surface area contributed by atoms with Gasteiger partial charge in [-0.05, 0) is 12.1 Å². The number of ether oxygens (including phenoxy) is 1. The van der Waals surface area contributed by atoms with Gasteiger partial charge in [0.15, 0.2) is 5.69 Å². The SMILES string of the molecule is COc1cc(F)ccc1Nc1cnc(C#N)cn1. The van der Waals surface area contributed by atoms with Crippen LogP contribution in [0.25, 0.3) is 0 Å². The van der Waals surface area contributed by atoms with Crippen molar-refractivity contribution in [3.8, 4) is 11.8 Å². The van der Waals surface area contributed by atoms with Crippen LogP contribution in [0, 0.1) is 17.1 Å². The average molecular weight is 244 g/mol. The van der Waals surface area contributed by atoms with Gasteiger partial charge in [-0.25, -0.2) is 14.4 Å². The highest BCUT2D eigenvalue weighted by Gasteiger charge is 2.05. The molecular weight excluding hydrogens is 235 g/mol. The van der Waals surface area contributed by atoms with Crippen molar-refractivity contribution in [3.63, 3.8) is 0 Å². The summed E-state index contributed by atoms with van der Waals surface area (Å²) in [4.78, 5) is 7.86. The van der Waals surface area contributed by atoms with E-state index in [1.165, 1.54) is 37.7 Å². The molecule has 0 bridgehead atoms. The minimum absolute atomic E-state index is 0.228. The van der Waals surface area contributed by atoms with Gasteiger partial charge in [-0.15, -0.1) is 0 Å². The normalized spacial score (nSPS) is 9.61. The summed E-state index contributed by atoms with van der Waals surface area (Å²) in [5.41, 5.74) is 0.796. The lowest BCUT2D eigenvalue weighted by atomic mass is 10.3. The Morgan fingerprint density at radius 3 is 2.78 bits per heavy atom. The van der Waals surface area contributed by atoms with Gasteiger partial charge in [-0.1, -0.05) is 0 Å². The molecule has 0 unspecified atom stereocenters. The molecule has 2 rings (SSSR count). The summed E-state index contributed by atoms with van der Waals surface area (Å²) in [5, 5.41) is 11.5. The first-order valence-corrected chi connectivity index (χ1v) is 5.05. The molecule has 1 aromatic carbocycles. The zero-order valence-corrected chi connectivity index (χ0v) is 9.51. The predicted octanol–water partition coefficient (Wildman–Crippen LogP) is 2.24. The lowest BCUT2D eigenvalue weighted by Gasteiger charge is -2.09. The maximum atomic E-state index is 13.0. The number of hydrogen-bond donors (Lipinski definition) is 1. The van der Waals surface area contributed by atoms with E-state index in [9.17, 15) is 4.39 Å². The Hall–Kier alpha value is -2.68. The Labute approximate surface area is 103 Å². The van der Waals surface area contributed by atoms with Crippen LogP contribution in [0.3, 0.4) is 0 Å². The van der Waals surface area contributed by atoms with Crippen molar-refractivity contribution in [3.05, 3.63) is 42.1 Å². The smallest absolute Gasteiger partial charge is 0.158 e. The van der Waals surface area contributed by atoms with Crippen LogP contribution in [0.15, 0.2) is 30.6 Å². The monoisotopic (exact) mass is 244 g/mol. The van der Waals surface area contributed by atoms with Gasteiger partial charge in [0, 0.05) is 6.07 Å². The van der Waals surface area contributed by atoms with E-state index in [0.29, 0.717) is 17.3 Å². The summed E-state index contributed by atoms with van der Waals surface area (Å²) in [7, 11) is 1.45. The summed E-state index contributed by atoms with van der Waals surface area (Å²) in [6, 6.07) is 5.98. The molecule has 0 fully saturated rings. The van der Waals surface area contributed by atoms with E-state index < -0.39 is 0 Å². The molecule has 0 spiro atoms. The zero-order chi connectivity index (χ0) is 13.0. The number of nitrogens with one attached hydrogen (secondary N) is 1. The number of halogens is 1. The van der Waals surface area contributed by atoms with E-state index >= 15 is 0 Å². The quantitative estimate of drug-likeness (QED) is 0.896. The molecule has 0 saturated heterocycles. The number of rotatable bonds is 3. The van der Waals surface area contributed by atoms with Crippen LogP contribution in [0.1, 0.15) is 5.69 Å². The fourth-order valence-corrected chi connectivity index (χ4v) is 1.36. The lowest BCUT2D eigenvalue weighted by molar-refractivity contribution is 0.413. The summed E-state index contributed by atoms with van der Waals surface area (Å²) in [6.07, 6.45) is 2.76. The fourth-order valence-electron chi connectivity index (χ4n) is 1.36. The van der Waals surface area contributed by atoms with Crippen LogP contribution in [0.4, 0.5) is 15.9 Å². The Kier molecular flexibility index (Phi) is 3.34. The van der Waals surface area contributed by atoms with Crippen molar-refractivity contribution < 1.29 is 9.13 Å². The van der Waals surface area contributed by atoms with Crippen molar-refractivity contribution in [2.75, 3.05) is 12.4 Å². The van der Waals surface area contributed by atoms with E-state index in [4.69, 9.17) is 10.00 Å². The number of hydrogen-bond acceptors (Lipinski definition) is 5. The first-order valence-electron chi connectivity index (χ1n) is 5.05. The van der Waals surface area contributed by atoms with Crippen molar-refractivity contribution in [2.45, 2.75) is 0 Å². The Morgan fingerprint density at radius 1 is 1.33 bits per heavy atom. The molecular formula is C12H9FN4O. The number of methoxy groups -OCH3 is 1. The predicted molar refractivity (Wildman–Crippen MR) is 63.0 cm³/mol. The summed E-state index contributed by atoms with van der Waals surface area (Å²) >= 11 is 0. The number of nitriles is 1. The Bertz CT molecular complexity index is 592. The van der Waals surface area contributed by atoms with Crippen LogP contribution >= 0.6 is 0 Å². The summed E-state index contributed by atoms with van der Waals surface area (Å²) < 4.78 is 18.0. The van der Waals surface area contributed by atoms with Gasteiger partial charge < -0.3 is 10.1 Å². The van der Waals surface area contributed by atoms with Crippen LogP contribution < -0.4 is 10.1 Å². The molecule has 0 aliphatic rings. The van der Waals surface area contributed by atoms with Gasteiger partial charge in [0.1, 0.15) is 23.5 Å². The van der Waals surface area contributed by atoms with E-state index in [1.54, 1.807) is 0 Å². The molecule has 0 saturated carbocycles. The number of anilines is 2. The number of nitrogens with zero attached hydrogens (tertiary/aromatic N) is 3. The zero-order valence-electron chi connectivity index (χ0n) is 9.51. The number of benzene rings is 1. The van der Waals surface area contributed by atoms with Crippen molar-refractivity contribution in [1.29, 1.82) is 5.26 Å². The molecule has 0 radical (unpaired) electrons. The second kappa shape index (κ2) is 5.10. The topological polar surface area (TPSA) is 70.8 Å². The van der Waals surface area contributed by atoms with Gasteiger partial charge >= 0.3 is 0 Å². The standard InChI is InChI=1S/C12H9FN4O/c1-18-11-4-8(13)2-3-10(11)17-12-7-15-9(5-14)6-16-12/h2-4,6-7H,1H3,(H,16,17). The van der Waals surface area contributed by atoms with Gasteiger partial charge in [-0.3, -0.25) is 0 Å². The molecule has 1 aromatic heterocycles. The molecule has 6 heteroatoms. The largest absolute Gasteiger partial charge is 0.494 e. The number of aromatic nitrogens is 2. The molecule has 0 aliphatic heterocycles. The van der Waals surface area contributed by atoms with Gasteiger partial charge in [-0.2, -0.15) is 5.26 Å². The molecule has 1 N–H and O–H groups in total. The van der Waals surface area contributed by atoms with Gasteiger partial charge in [0.2, 0.25) is 0 Å².